The molecule has 5 nitrogen and oxygen atoms in total. The van der Waals surface area contributed by atoms with Gasteiger partial charge in [0.05, 0.1) is 0 Å². The smallest absolute Gasteiger partial charge is 0.323 e. The Balaban J connectivity index is 2.53. The van der Waals surface area contributed by atoms with Crippen molar-refractivity contribution in [2.75, 3.05) is 0 Å². The van der Waals surface area contributed by atoms with Crippen molar-refractivity contribution in [1.82, 2.24) is 14.9 Å². The third-order valence-corrected chi connectivity index (χ3v) is 3.08. The number of nitrogens with one attached hydrogen (secondary N) is 1. The third kappa shape index (κ3) is 3.84. The Hall–Kier alpha value is -1.36. The molecule has 0 aliphatic carbocycles. The quantitative estimate of drug-likeness (QED) is 0.777. The Morgan fingerprint density at radius 2 is 2.28 bits per heavy atom. The third-order valence-electron chi connectivity index (χ3n) is 3.08. The molecule has 0 aromatic carbocycles. The van der Waals surface area contributed by atoms with Crippen LogP contribution in [0.3, 0.4) is 0 Å². The number of aromatic nitrogens is 2. The van der Waals surface area contributed by atoms with E-state index in [-0.39, 0.29) is 6.04 Å². The van der Waals surface area contributed by atoms with E-state index in [0.717, 1.165) is 18.8 Å². The molecule has 0 fully saturated rings. The molecule has 1 unspecified atom stereocenters. The largest absolute Gasteiger partial charge is 0.480 e. The second-order valence-electron chi connectivity index (χ2n) is 5.21. The van der Waals surface area contributed by atoms with Crippen molar-refractivity contribution in [3.05, 3.63) is 18.2 Å². The second-order valence-corrected chi connectivity index (χ2v) is 5.21. The van der Waals surface area contributed by atoms with Crippen molar-refractivity contribution < 1.29 is 9.90 Å². The van der Waals surface area contributed by atoms with Crippen LogP contribution < -0.4 is 5.32 Å². The van der Waals surface area contributed by atoms with Crippen molar-refractivity contribution in [2.24, 2.45) is 0 Å². The van der Waals surface area contributed by atoms with Crippen LogP contribution in [0, 0.1) is 6.92 Å². The van der Waals surface area contributed by atoms with Crippen molar-refractivity contribution in [3.63, 3.8) is 0 Å². The van der Waals surface area contributed by atoms with Gasteiger partial charge in [0.1, 0.15) is 11.4 Å². The summed E-state index contributed by atoms with van der Waals surface area (Å²) in [5, 5.41) is 12.4. The van der Waals surface area contributed by atoms with Crippen molar-refractivity contribution in [3.8, 4) is 0 Å². The van der Waals surface area contributed by atoms with Gasteiger partial charge >= 0.3 is 5.97 Å². The van der Waals surface area contributed by atoms with Gasteiger partial charge in [-0.15, -0.1) is 0 Å². The zero-order chi connectivity index (χ0) is 13.8. The fourth-order valence-electron chi connectivity index (χ4n) is 2.12. The Morgan fingerprint density at radius 3 is 2.72 bits per heavy atom. The van der Waals surface area contributed by atoms with Crippen LogP contribution in [0.4, 0.5) is 0 Å². The first kappa shape index (κ1) is 14.7. The number of hydrogen-bond acceptors (Lipinski definition) is 3. The summed E-state index contributed by atoms with van der Waals surface area (Å²) in [6, 6.07) is 0.154. The Bertz CT molecular complexity index is 401. The molecule has 102 valence electrons. The van der Waals surface area contributed by atoms with E-state index in [1.165, 1.54) is 0 Å². The lowest BCUT2D eigenvalue weighted by Crippen LogP contribution is -2.52. The van der Waals surface area contributed by atoms with Crippen LogP contribution in [0.2, 0.25) is 0 Å². The van der Waals surface area contributed by atoms with E-state index in [2.05, 4.69) is 10.3 Å². The molecule has 18 heavy (non-hydrogen) atoms. The fourth-order valence-corrected chi connectivity index (χ4v) is 2.12. The van der Waals surface area contributed by atoms with Gasteiger partial charge in [-0.05, 0) is 40.5 Å². The van der Waals surface area contributed by atoms with Crippen LogP contribution in [0.15, 0.2) is 12.4 Å². The van der Waals surface area contributed by atoms with E-state index in [0.29, 0.717) is 6.42 Å². The maximum atomic E-state index is 11.3. The first-order valence-electron chi connectivity index (χ1n) is 6.34. The second kappa shape index (κ2) is 6.00. The van der Waals surface area contributed by atoms with Gasteiger partial charge in [-0.25, -0.2) is 4.98 Å². The summed E-state index contributed by atoms with van der Waals surface area (Å²) >= 11 is 0. The Morgan fingerprint density at radius 1 is 1.61 bits per heavy atom. The van der Waals surface area contributed by atoms with E-state index >= 15 is 0 Å². The number of rotatable bonds is 7. The van der Waals surface area contributed by atoms with Gasteiger partial charge in [-0.2, -0.15) is 0 Å². The number of aryl methyl sites for hydroxylation is 2. The number of imidazole rings is 1. The first-order valence-corrected chi connectivity index (χ1v) is 6.34. The maximum absolute atomic E-state index is 11.3. The molecule has 0 bridgehead atoms. The molecule has 0 amide bonds. The van der Waals surface area contributed by atoms with Gasteiger partial charge in [0, 0.05) is 25.0 Å². The predicted octanol–water partition coefficient (Wildman–Crippen LogP) is 1.81. The summed E-state index contributed by atoms with van der Waals surface area (Å²) < 4.78 is 2.04. The molecule has 0 radical (unpaired) electrons. The molecular formula is C13H23N3O2. The number of carboxylic acid groups (broad SMARTS) is 1. The van der Waals surface area contributed by atoms with E-state index in [1.54, 1.807) is 13.1 Å². The molecule has 0 spiro atoms. The highest BCUT2D eigenvalue weighted by Crippen LogP contribution is 2.15. The lowest BCUT2D eigenvalue weighted by molar-refractivity contribution is -0.144. The Labute approximate surface area is 108 Å². The average molecular weight is 253 g/mol. The molecule has 2 N–H and O–H groups in total. The molecule has 1 aromatic heterocycles. The van der Waals surface area contributed by atoms with E-state index in [9.17, 15) is 9.90 Å². The number of carboxylic acids is 1. The highest BCUT2D eigenvalue weighted by molar-refractivity contribution is 5.78. The van der Waals surface area contributed by atoms with Crippen LogP contribution in [0.25, 0.3) is 0 Å². The minimum atomic E-state index is -0.858. The normalized spacial score (nSPS) is 14.7. The molecule has 1 atom stereocenters. The fraction of sp³-hybridized carbons (Fsp3) is 0.692. The van der Waals surface area contributed by atoms with Crippen molar-refractivity contribution in [1.29, 1.82) is 0 Å². The van der Waals surface area contributed by atoms with Crippen LogP contribution in [0.1, 0.15) is 39.4 Å². The topological polar surface area (TPSA) is 67.2 Å². The molecule has 1 heterocycles. The summed E-state index contributed by atoms with van der Waals surface area (Å²) in [5.74, 6) is 0.169. The van der Waals surface area contributed by atoms with Crippen molar-refractivity contribution in [2.45, 2.75) is 58.7 Å². The van der Waals surface area contributed by atoms with E-state index < -0.39 is 11.5 Å². The van der Waals surface area contributed by atoms with Crippen LogP contribution in [-0.4, -0.2) is 32.2 Å². The number of nitrogens with zero attached hydrogens (tertiary/aromatic N) is 2. The standard InChI is InChI=1S/C13H23N3O2/c1-10(2)15-13(4,12(17)18)6-5-8-16-9-7-14-11(16)3/h7,9-10,15H,5-6,8H2,1-4H3,(H,17,18). The molecule has 0 aliphatic heterocycles. The van der Waals surface area contributed by atoms with Gasteiger partial charge in [0.2, 0.25) is 0 Å². The summed E-state index contributed by atoms with van der Waals surface area (Å²) in [5.41, 5.74) is -0.858. The van der Waals surface area contributed by atoms with Gasteiger partial charge in [0.15, 0.2) is 0 Å². The highest BCUT2D eigenvalue weighted by Gasteiger charge is 2.32. The zero-order valence-electron chi connectivity index (χ0n) is 11.6. The zero-order valence-corrected chi connectivity index (χ0v) is 11.6. The highest BCUT2D eigenvalue weighted by atomic mass is 16.4. The number of carbonyl (C=O) groups is 1. The lowest BCUT2D eigenvalue weighted by Gasteiger charge is -2.28. The van der Waals surface area contributed by atoms with Crippen molar-refractivity contribution >= 4 is 5.97 Å². The molecular weight excluding hydrogens is 230 g/mol. The minimum Gasteiger partial charge on any atom is -0.480 e. The van der Waals surface area contributed by atoms with E-state index in [4.69, 9.17) is 0 Å². The summed E-state index contributed by atoms with van der Waals surface area (Å²) in [6.07, 6.45) is 5.08. The minimum absolute atomic E-state index is 0.154. The number of hydrogen-bond donors (Lipinski definition) is 2. The van der Waals surface area contributed by atoms with Gasteiger partial charge in [0.25, 0.3) is 0 Å². The molecule has 0 aliphatic rings. The Kier molecular flexibility index (Phi) is 4.90. The maximum Gasteiger partial charge on any atom is 0.323 e. The molecule has 0 saturated heterocycles. The van der Waals surface area contributed by atoms with E-state index in [1.807, 2.05) is 31.5 Å². The summed E-state index contributed by atoms with van der Waals surface area (Å²) in [7, 11) is 0. The predicted molar refractivity (Wildman–Crippen MR) is 70.5 cm³/mol. The van der Waals surface area contributed by atoms with Crippen LogP contribution in [-0.2, 0) is 11.3 Å². The summed E-state index contributed by atoms with van der Waals surface area (Å²) in [6.45, 7) is 8.41. The van der Waals surface area contributed by atoms with Gasteiger partial charge < -0.3 is 9.67 Å². The monoisotopic (exact) mass is 253 g/mol. The molecule has 5 heteroatoms. The lowest BCUT2D eigenvalue weighted by atomic mass is 9.95. The average Bonchev–Trinajstić information content (AvgIpc) is 2.63. The molecule has 0 saturated carbocycles. The van der Waals surface area contributed by atoms with Gasteiger partial charge in [-0.3, -0.25) is 10.1 Å². The summed E-state index contributed by atoms with van der Waals surface area (Å²) in [4.78, 5) is 15.5. The number of aliphatic carboxylic acids is 1. The molecule has 1 aromatic rings. The SMILES string of the molecule is Cc1nccn1CCCC(C)(NC(C)C)C(=O)O. The molecule has 1 rings (SSSR count). The van der Waals surface area contributed by atoms with Crippen LogP contribution in [0.5, 0.6) is 0 Å². The first-order chi connectivity index (χ1) is 8.35. The van der Waals surface area contributed by atoms with Crippen LogP contribution >= 0.6 is 0 Å². The van der Waals surface area contributed by atoms with Gasteiger partial charge in [-0.1, -0.05) is 0 Å².